The minimum absolute atomic E-state index is 0.735. The van der Waals surface area contributed by atoms with Gasteiger partial charge in [-0.3, -0.25) is 0 Å². The summed E-state index contributed by atoms with van der Waals surface area (Å²) in [5.41, 5.74) is 4.77. The van der Waals surface area contributed by atoms with Crippen LogP contribution in [0.1, 0.15) is 41.5 Å². The van der Waals surface area contributed by atoms with Gasteiger partial charge in [0.15, 0.2) is 0 Å². The average molecular weight is 344 g/mol. The monoisotopic (exact) mass is 344 g/mol. The Kier molecular flexibility index (Phi) is 8.04. The van der Waals surface area contributed by atoms with E-state index in [1.807, 2.05) is 0 Å². The fourth-order valence-electron chi connectivity index (χ4n) is 3.54. The third-order valence-corrected chi connectivity index (χ3v) is 7.09. The van der Waals surface area contributed by atoms with Crippen molar-refractivity contribution in [3.05, 3.63) is 28.7 Å². The predicted molar refractivity (Wildman–Crippen MR) is 87.4 cm³/mol. The molecule has 3 nitrogen and oxygen atoms in total. The molecule has 2 aliphatic rings. The summed E-state index contributed by atoms with van der Waals surface area (Å²) in [5.74, 6) is 4.64. The van der Waals surface area contributed by atoms with Gasteiger partial charge >= 0.3 is 50.3 Å². The van der Waals surface area contributed by atoms with Gasteiger partial charge in [-0.25, -0.2) is 0 Å². The van der Waals surface area contributed by atoms with Crippen molar-refractivity contribution in [2.24, 2.45) is 23.7 Å². The van der Waals surface area contributed by atoms with Gasteiger partial charge in [0.1, 0.15) is 0 Å². The number of hydrogen-bond acceptors (Lipinski definition) is 3. The third-order valence-electron chi connectivity index (χ3n) is 5.53. The van der Waals surface area contributed by atoms with Crippen LogP contribution in [0.2, 0.25) is 0 Å². The van der Waals surface area contributed by atoms with E-state index in [0.717, 1.165) is 23.7 Å². The summed E-state index contributed by atoms with van der Waals surface area (Å²) in [7, 11) is 4.76. The molecule has 22 heavy (non-hydrogen) atoms. The first-order chi connectivity index (χ1) is 10.3. The van der Waals surface area contributed by atoms with Crippen LogP contribution in [0.3, 0.4) is 0 Å². The Bertz CT molecular complexity index is 421. The molecule has 0 spiro atoms. The van der Waals surface area contributed by atoms with Gasteiger partial charge in [0.05, 0.1) is 0 Å². The summed E-state index contributed by atoms with van der Waals surface area (Å²) in [6.45, 7) is 14.2. The quantitative estimate of drug-likeness (QED) is 0.696. The van der Waals surface area contributed by atoms with E-state index in [1.165, 1.54) is 5.57 Å². The first-order valence-corrected chi connectivity index (χ1v) is 9.96. The minimum atomic E-state index is -1.90. The zero-order valence-electron chi connectivity index (χ0n) is 15.6. The molecule has 4 unspecified atom stereocenters. The fourth-order valence-corrected chi connectivity index (χ4v) is 4.32. The summed E-state index contributed by atoms with van der Waals surface area (Å²) in [5, 5.41) is 0. The molecule has 0 saturated heterocycles. The molecule has 0 aliphatic heterocycles. The molecule has 0 aromatic carbocycles. The van der Waals surface area contributed by atoms with E-state index in [-0.39, 0.29) is 0 Å². The normalized spacial score (nSPS) is 31.4. The van der Waals surface area contributed by atoms with Gasteiger partial charge in [-0.05, 0) is 36.2 Å². The van der Waals surface area contributed by atoms with Crippen LogP contribution in [-0.2, 0) is 29.0 Å². The van der Waals surface area contributed by atoms with Gasteiger partial charge in [-0.15, -0.1) is 0 Å². The topological polar surface area (TPSA) is 27.7 Å². The van der Waals surface area contributed by atoms with E-state index in [2.05, 4.69) is 47.6 Å². The molecule has 0 bridgehead atoms. The predicted octanol–water partition coefficient (Wildman–Crippen LogP) is 4.68. The summed E-state index contributed by atoms with van der Waals surface area (Å²) < 4.78 is 14.3. The number of rotatable bonds is 3. The molecule has 2 aliphatic carbocycles. The molecule has 126 valence electrons. The first-order valence-electron chi connectivity index (χ1n) is 8.05. The van der Waals surface area contributed by atoms with Crippen LogP contribution in [0.5, 0.6) is 0 Å². The fraction of sp³-hybridized carbons (Fsp3) is 0.722. The Labute approximate surface area is 144 Å². The van der Waals surface area contributed by atoms with E-state index in [1.54, 1.807) is 38.4 Å². The molecule has 4 atom stereocenters. The van der Waals surface area contributed by atoms with Crippen LogP contribution in [0.15, 0.2) is 22.8 Å². The van der Waals surface area contributed by atoms with Gasteiger partial charge in [-0.1, -0.05) is 51.8 Å². The zero-order chi connectivity index (χ0) is 17.0. The molecule has 4 heteroatoms. The molecule has 0 amide bonds. The molecule has 0 aromatic rings. The molecular formula is C18H32O3Ti. The van der Waals surface area contributed by atoms with E-state index >= 15 is 0 Å². The number of allylic oxidation sites excluding steroid dienone is 4. The Morgan fingerprint density at radius 2 is 1.27 bits per heavy atom. The molecular weight excluding hydrogens is 312 g/mol. The van der Waals surface area contributed by atoms with Crippen molar-refractivity contribution < 1.29 is 29.0 Å². The number of hydrogen-bond donors (Lipinski definition) is 0. The Morgan fingerprint density at radius 3 is 1.68 bits per heavy atom. The van der Waals surface area contributed by atoms with E-state index < -0.39 is 19.0 Å². The van der Waals surface area contributed by atoms with Crippen LogP contribution in [0.4, 0.5) is 0 Å². The molecule has 0 aromatic heterocycles. The average Bonchev–Trinajstić information content (AvgIpc) is 2.81. The van der Waals surface area contributed by atoms with Crippen LogP contribution in [0.25, 0.3) is 0 Å². The second-order valence-corrected chi connectivity index (χ2v) is 9.17. The standard InChI is InChI=1S/C15H23.3CH3O.Ti/c1-8-7-14-12(5)10(3)11(4)13(6)15(14)9(8)2;3*1-2;/h7,10-13H,1-6H3;3*1H3;/q;3*-1;+3. The van der Waals surface area contributed by atoms with Gasteiger partial charge in [0, 0.05) is 5.92 Å². The maximum absolute atomic E-state index is 4.77. The van der Waals surface area contributed by atoms with Crippen LogP contribution < -0.4 is 0 Å². The van der Waals surface area contributed by atoms with Crippen molar-refractivity contribution in [2.45, 2.75) is 41.5 Å². The molecule has 0 saturated carbocycles. The summed E-state index contributed by atoms with van der Waals surface area (Å²) >= 11 is -1.90. The second-order valence-electron chi connectivity index (χ2n) is 6.48. The second kappa shape index (κ2) is 8.79. The Balaban J connectivity index is 0.000000295. The van der Waals surface area contributed by atoms with Crippen LogP contribution >= 0.6 is 0 Å². The van der Waals surface area contributed by atoms with Gasteiger partial charge in [-0.2, -0.15) is 0 Å². The van der Waals surface area contributed by atoms with Crippen molar-refractivity contribution in [3.8, 4) is 0 Å². The first kappa shape index (κ1) is 20.1. The maximum atomic E-state index is 4.77. The van der Waals surface area contributed by atoms with E-state index in [9.17, 15) is 0 Å². The Morgan fingerprint density at radius 1 is 0.818 bits per heavy atom. The van der Waals surface area contributed by atoms with E-state index in [0.29, 0.717) is 0 Å². The summed E-state index contributed by atoms with van der Waals surface area (Å²) in [4.78, 5) is 0. The van der Waals surface area contributed by atoms with Crippen molar-refractivity contribution in [2.75, 3.05) is 21.3 Å². The van der Waals surface area contributed by atoms with Crippen LogP contribution in [0, 0.1) is 29.6 Å². The van der Waals surface area contributed by atoms with E-state index in [4.69, 9.17) is 9.96 Å². The molecule has 2 rings (SSSR count). The van der Waals surface area contributed by atoms with Crippen LogP contribution in [-0.4, -0.2) is 21.3 Å². The van der Waals surface area contributed by atoms with Crippen molar-refractivity contribution in [1.82, 2.24) is 0 Å². The van der Waals surface area contributed by atoms with Crippen molar-refractivity contribution >= 4 is 0 Å². The summed E-state index contributed by atoms with van der Waals surface area (Å²) in [6, 6.07) is 0. The molecule has 0 fully saturated rings. The van der Waals surface area contributed by atoms with Gasteiger partial charge in [0.2, 0.25) is 0 Å². The SMILES string of the molecule is C[C]1C(C)=CC2=C1C(C)C(C)C(C)C2C.C[O][Ti]([O]C)[O]C. The van der Waals surface area contributed by atoms with Gasteiger partial charge in [0.25, 0.3) is 0 Å². The molecule has 0 N–H and O–H groups in total. The summed E-state index contributed by atoms with van der Waals surface area (Å²) in [6.07, 6.45) is 2.42. The van der Waals surface area contributed by atoms with Crippen molar-refractivity contribution in [1.29, 1.82) is 0 Å². The van der Waals surface area contributed by atoms with Gasteiger partial charge < -0.3 is 0 Å². The van der Waals surface area contributed by atoms with Crippen molar-refractivity contribution in [3.63, 3.8) is 0 Å². The Hall–Kier alpha value is 0.0743. The molecule has 1 radical (unpaired) electrons. The third kappa shape index (κ3) is 4.13. The molecule has 0 heterocycles. The zero-order valence-corrected chi connectivity index (χ0v) is 17.2.